The number of piperidine rings is 1. The predicted octanol–water partition coefficient (Wildman–Crippen LogP) is 2.50. The van der Waals surface area contributed by atoms with E-state index in [9.17, 15) is 4.79 Å². The maximum absolute atomic E-state index is 12.3. The largest absolute Gasteiger partial charge is 0.397 e. The quantitative estimate of drug-likeness (QED) is 0.824. The molecule has 2 N–H and O–H groups in total. The van der Waals surface area contributed by atoms with Crippen molar-refractivity contribution < 1.29 is 9.53 Å². The Labute approximate surface area is 156 Å². The number of amides is 1. The number of benzene rings is 1. The number of halogens is 2. The number of carbonyl (C=O) groups is 1. The van der Waals surface area contributed by atoms with E-state index >= 15 is 0 Å². The van der Waals surface area contributed by atoms with Gasteiger partial charge >= 0.3 is 0 Å². The maximum Gasteiger partial charge on any atom is 0.227 e. The molecule has 2 aliphatic rings. The summed E-state index contributed by atoms with van der Waals surface area (Å²) in [4.78, 5) is 16.5. The Morgan fingerprint density at radius 3 is 2.33 bits per heavy atom. The zero-order chi connectivity index (χ0) is 15.4. The van der Waals surface area contributed by atoms with E-state index in [1.54, 1.807) is 0 Å². The molecule has 0 aromatic heterocycles. The molecule has 136 valence electrons. The number of nitrogens with two attached hydrogens (primary N) is 1. The maximum atomic E-state index is 12.3. The van der Waals surface area contributed by atoms with E-state index in [-0.39, 0.29) is 30.7 Å². The van der Waals surface area contributed by atoms with Gasteiger partial charge in [-0.1, -0.05) is 6.07 Å². The lowest BCUT2D eigenvalue weighted by Gasteiger charge is -2.30. The molecule has 5 nitrogen and oxygen atoms in total. The minimum atomic E-state index is 0. The summed E-state index contributed by atoms with van der Waals surface area (Å²) >= 11 is 0. The Morgan fingerprint density at radius 1 is 1.04 bits per heavy atom. The molecule has 0 saturated carbocycles. The Bertz CT molecular complexity index is 531. The third-order valence-electron chi connectivity index (χ3n) is 4.51. The Morgan fingerprint density at radius 2 is 1.71 bits per heavy atom. The first-order chi connectivity index (χ1) is 10.7. The molecule has 0 bridgehead atoms. The van der Waals surface area contributed by atoms with Gasteiger partial charge in [0.15, 0.2) is 0 Å². The summed E-state index contributed by atoms with van der Waals surface area (Å²) in [6.45, 7) is 4.83. The zero-order valence-corrected chi connectivity index (χ0v) is 15.5. The van der Waals surface area contributed by atoms with Crippen LogP contribution in [0.1, 0.15) is 24.8 Å². The Hall–Kier alpha value is -1.17. The molecule has 1 amide bonds. The molecule has 0 unspecified atom stereocenters. The SMILES string of the molecule is Cl.Cl.Nc1cc(CC(=O)N2CCOCC2)ccc1N1CCCCC1. The highest BCUT2D eigenvalue weighted by Crippen LogP contribution is 2.27. The van der Waals surface area contributed by atoms with Crippen LogP contribution in [0.15, 0.2) is 18.2 Å². The van der Waals surface area contributed by atoms with Crippen molar-refractivity contribution in [3.63, 3.8) is 0 Å². The summed E-state index contributed by atoms with van der Waals surface area (Å²) in [6.07, 6.45) is 4.19. The van der Waals surface area contributed by atoms with Gasteiger partial charge in [0.05, 0.1) is 31.0 Å². The summed E-state index contributed by atoms with van der Waals surface area (Å²) in [7, 11) is 0. The molecule has 0 aliphatic carbocycles. The van der Waals surface area contributed by atoms with Crippen molar-refractivity contribution >= 4 is 42.1 Å². The highest BCUT2D eigenvalue weighted by atomic mass is 35.5. The average Bonchev–Trinajstić information content (AvgIpc) is 2.56. The molecular formula is C17H27Cl2N3O2. The summed E-state index contributed by atoms with van der Waals surface area (Å²) in [5, 5.41) is 0. The monoisotopic (exact) mass is 375 g/mol. The van der Waals surface area contributed by atoms with Gasteiger partial charge < -0.3 is 20.3 Å². The van der Waals surface area contributed by atoms with E-state index in [1.165, 1.54) is 19.3 Å². The molecule has 1 aromatic carbocycles. The first-order valence-corrected chi connectivity index (χ1v) is 8.23. The van der Waals surface area contributed by atoms with Crippen molar-refractivity contribution in [2.24, 2.45) is 0 Å². The highest BCUT2D eigenvalue weighted by Gasteiger charge is 2.18. The van der Waals surface area contributed by atoms with Gasteiger partial charge in [0.25, 0.3) is 0 Å². The molecular weight excluding hydrogens is 349 g/mol. The molecule has 7 heteroatoms. The molecule has 2 heterocycles. The molecule has 0 spiro atoms. The molecule has 1 aromatic rings. The number of morpholine rings is 1. The highest BCUT2D eigenvalue weighted by molar-refractivity contribution is 5.85. The number of nitrogens with zero attached hydrogens (tertiary/aromatic N) is 2. The molecule has 3 rings (SSSR count). The standard InChI is InChI=1S/C17H25N3O2.2ClH/c18-15-12-14(13-17(21)20-8-10-22-11-9-20)4-5-16(15)19-6-2-1-3-7-19;;/h4-5,12H,1-3,6-11,13,18H2;2*1H. The van der Waals surface area contributed by atoms with E-state index in [1.807, 2.05) is 17.0 Å². The molecule has 2 aliphatic heterocycles. The summed E-state index contributed by atoms with van der Waals surface area (Å²) < 4.78 is 5.28. The van der Waals surface area contributed by atoms with Crippen LogP contribution in [0.3, 0.4) is 0 Å². The predicted molar refractivity (Wildman–Crippen MR) is 103 cm³/mol. The normalized spacial score (nSPS) is 17.7. The number of ether oxygens (including phenoxy) is 1. The number of hydrogen-bond acceptors (Lipinski definition) is 4. The van der Waals surface area contributed by atoms with Gasteiger partial charge in [0, 0.05) is 26.2 Å². The number of nitrogen functional groups attached to an aromatic ring is 1. The smallest absolute Gasteiger partial charge is 0.227 e. The van der Waals surface area contributed by atoms with E-state index in [4.69, 9.17) is 10.5 Å². The fourth-order valence-corrected chi connectivity index (χ4v) is 3.24. The van der Waals surface area contributed by atoms with Crippen molar-refractivity contribution in [2.75, 3.05) is 50.0 Å². The number of anilines is 2. The van der Waals surface area contributed by atoms with Crippen molar-refractivity contribution in [3.8, 4) is 0 Å². The lowest BCUT2D eigenvalue weighted by atomic mass is 10.1. The van der Waals surface area contributed by atoms with Gasteiger partial charge in [-0.2, -0.15) is 0 Å². The van der Waals surface area contributed by atoms with Crippen molar-refractivity contribution in [1.29, 1.82) is 0 Å². The van der Waals surface area contributed by atoms with E-state index in [0.29, 0.717) is 32.7 Å². The van der Waals surface area contributed by atoms with Gasteiger partial charge in [0.2, 0.25) is 5.91 Å². The molecule has 24 heavy (non-hydrogen) atoms. The van der Waals surface area contributed by atoms with Crippen LogP contribution in [-0.2, 0) is 16.0 Å². The fourth-order valence-electron chi connectivity index (χ4n) is 3.24. The van der Waals surface area contributed by atoms with Crippen LogP contribution in [0.5, 0.6) is 0 Å². The first-order valence-electron chi connectivity index (χ1n) is 8.23. The second kappa shape index (κ2) is 9.97. The van der Waals surface area contributed by atoms with Gasteiger partial charge in [0.1, 0.15) is 0 Å². The van der Waals surface area contributed by atoms with Crippen LogP contribution in [0.4, 0.5) is 11.4 Å². The van der Waals surface area contributed by atoms with Crippen LogP contribution in [0.25, 0.3) is 0 Å². The topological polar surface area (TPSA) is 58.8 Å². The van der Waals surface area contributed by atoms with E-state index < -0.39 is 0 Å². The average molecular weight is 376 g/mol. The molecule has 2 saturated heterocycles. The third kappa shape index (κ3) is 5.16. The van der Waals surface area contributed by atoms with Gasteiger partial charge in [-0.3, -0.25) is 4.79 Å². The van der Waals surface area contributed by atoms with E-state index in [2.05, 4.69) is 11.0 Å². The van der Waals surface area contributed by atoms with Crippen LogP contribution in [0.2, 0.25) is 0 Å². The van der Waals surface area contributed by atoms with Gasteiger partial charge in [-0.05, 0) is 37.0 Å². The number of hydrogen-bond donors (Lipinski definition) is 1. The number of rotatable bonds is 3. The summed E-state index contributed by atoms with van der Waals surface area (Å²) in [5.74, 6) is 0.161. The Balaban J connectivity index is 0.00000144. The summed E-state index contributed by atoms with van der Waals surface area (Å²) in [6, 6.07) is 6.07. The minimum absolute atomic E-state index is 0. The second-order valence-corrected chi connectivity index (χ2v) is 6.11. The van der Waals surface area contributed by atoms with Crippen molar-refractivity contribution in [1.82, 2.24) is 4.90 Å². The van der Waals surface area contributed by atoms with Crippen LogP contribution >= 0.6 is 24.8 Å². The van der Waals surface area contributed by atoms with Crippen molar-refractivity contribution in [2.45, 2.75) is 25.7 Å². The summed E-state index contributed by atoms with van der Waals surface area (Å²) in [5.41, 5.74) is 9.11. The lowest BCUT2D eigenvalue weighted by Crippen LogP contribution is -2.41. The fraction of sp³-hybridized carbons (Fsp3) is 0.588. The van der Waals surface area contributed by atoms with Gasteiger partial charge in [-0.15, -0.1) is 24.8 Å². The van der Waals surface area contributed by atoms with E-state index in [0.717, 1.165) is 30.0 Å². The number of carbonyl (C=O) groups excluding carboxylic acids is 1. The molecule has 0 radical (unpaired) electrons. The van der Waals surface area contributed by atoms with Crippen LogP contribution < -0.4 is 10.6 Å². The Kier molecular flexibility index (Phi) is 8.67. The molecule has 0 atom stereocenters. The van der Waals surface area contributed by atoms with Crippen LogP contribution in [0, 0.1) is 0 Å². The molecule has 2 fully saturated rings. The van der Waals surface area contributed by atoms with Crippen molar-refractivity contribution in [3.05, 3.63) is 23.8 Å². The first kappa shape index (κ1) is 20.9. The van der Waals surface area contributed by atoms with Crippen LogP contribution in [-0.4, -0.2) is 50.2 Å². The van der Waals surface area contributed by atoms with Gasteiger partial charge in [-0.25, -0.2) is 0 Å². The zero-order valence-electron chi connectivity index (χ0n) is 13.9. The second-order valence-electron chi connectivity index (χ2n) is 6.11. The minimum Gasteiger partial charge on any atom is -0.397 e. The lowest BCUT2D eigenvalue weighted by molar-refractivity contribution is -0.134. The third-order valence-corrected chi connectivity index (χ3v) is 4.51.